The van der Waals surface area contributed by atoms with Crippen LogP contribution in [-0.4, -0.2) is 59.0 Å². The van der Waals surface area contributed by atoms with Crippen LogP contribution in [0.15, 0.2) is 121 Å². The summed E-state index contributed by atoms with van der Waals surface area (Å²) in [6.07, 6.45) is -5.25. The molecule has 2 fully saturated rings. The van der Waals surface area contributed by atoms with Gasteiger partial charge in [0.15, 0.2) is 10.6 Å². The molecule has 1 aliphatic carbocycles. The molecule has 9 heteroatoms. The molecule has 1 saturated heterocycles. The van der Waals surface area contributed by atoms with Gasteiger partial charge in [0.25, 0.3) is 0 Å². The van der Waals surface area contributed by atoms with Crippen molar-refractivity contribution in [1.82, 2.24) is 0 Å². The molecule has 2 aliphatic rings. The highest BCUT2D eigenvalue weighted by Crippen LogP contribution is 2.50. The summed E-state index contributed by atoms with van der Waals surface area (Å²) >= 11 is 13.2. The molecule has 4 aromatic carbocycles. The van der Waals surface area contributed by atoms with Gasteiger partial charge in [0.1, 0.15) is 30.5 Å². The Morgan fingerprint density at radius 2 is 1.02 bits per heavy atom. The van der Waals surface area contributed by atoms with Gasteiger partial charge in [-0.05, 0) is 22.3 Å². The van der Waals surface area contributed by atoms with Crippen molar-refractivity contribution in [3.63, 3.8) is 0 Å². The third-order valence-electron chi connectivity index (χ3n) is 8.87. The number of alkyl halides is 2. The zero-order valence-corrected chi connectivity index (χ0v) is 28.4. The number of ether oxygens (including phenoxy) is 6. The van der Waals surface area contributed by atoms with E-state index in [9.17, 15) is 5.11 Å². The molecule has 1 heterocycles. The molecule has 1 saturated carbocycles. The van der Waals surface area contributed by atoms with Gasteiger partial charge in [-0.3, -0.25) is 0 Å². The molecule has 254 valence electrons. The lowest BCUT2D eigenvalue weighted by Gasteiger charge is -2.53. The van der Waals surface area contributed by atoms with E-state index in [4.69, 9.17) is 51.6 Å². The molecule has 0 radical (unpaired) electrons. The summed E-state index contributed by atoms with van der Waals surface area (Å²) in [4.78, 5) is 0. The van der Waals surface area contributed by atoms with E-state index in [1.807, 2.05) is 128 Å². The van der Waals surface area contributed by atoms with Gasteiger partial charge in [-0.15, -0.1) is 0 Å². The van der Waals surface area contributed by atoms with Crippen LogP contribution in [0.2, 0.25) is 0 Å². The van der Waals surface area contributed by atoms with Crippen molar-refractivity contribution < 1.29 is 33.5 Å². The standard InChI is InChI=1S/C39H42Cl2O7/c1-27-36(42)39(40,41)37(27)48-38-35(46-25-31-20-12-5-13-21-31)34(45-24-30-18-10-4-11-19-30)33(44-23-29-16-8-3-9-17-29)32(47-38)26-43-22-28-14-6-2-7-15-28/h2-21,27,32-38,42H,22-26H2,1H3/t27-,32+,33-,34-,35+,36+,37-,38-/m0/s1. The monoisotopic (exact) mass is 692 g/mol. The first-order valence-electron chi connectivity index (χ1n) is 16.3. The fraction of sp³-hybridized carbons (Fsp3) is 0.385. The summed E-state index contributed by atoms with van der Waals surface area (Å²) in [6.45, 7) is 3.33. The van der Waals surface area contributed by atoms with Gasteiger partial charge in [0, 0.05) is 5.92 Å². The molecule has 0 unspecified atom stereocenters. The van der Waals surface area contributed by atoms with Gasteiger partial charge < -0.3 is 33.5 Å². The van der Waals surface area contributed by atoms with Crippen LogP contribution < -0.4 is 0 Å². The van der Waals surface area contributed by atoms with Crippen LogP contribution in [0.25, 0.3) is 0 Å². The van der Waals surface area contributed by atoms with Gasteiger partial charge in [-0.1, -0.05) is 151 Å². The second kappa shape index (κ2) is 16.7. The number of hydrogen-bond acceptors (Lipinski definition) is 7. The molecule has 7 nitrogen and oxygen atoms in total. The summed E-state index contributed by atoms with van der Waals surface area (Å²) in [5.41, 5.74) is 4.02. The topological polar surface area (TPSA) is 75.6 Å². The molecule has 48 heavy (non-hydrogen) atoms. The van der Waals surface area contributed by atoms with Crippen LogP contribution in [0.1, 0.15) is 29.2 Å². The van der Waals surface area contributed by atoms with E-state index in [0.29, 0.717) is 19.8 Å². The Bertz CT molecular complexity index is 1510. The van der Waals surface area contributed by atoms with Crippen molar-refractivity contribution in [2.45, 2.75) is 80.6 Å². The zero-order chi connectivity index (χ0) is 33.3. The van der Waals surface area contributed by atoms with Crippen molar-refractivity contribution in [1.29, 1.82) is 0 Å². The Labute approximate surface area is 292 Å². The maximum atomic E-state index is 10.5. The minimum Gasteiger partial charge on any atom is -0.390 e. The lowest BCUT2D eigenvalue weighted by atomic mass is 9.78. The van der Waals surface area contributed by atoms with E-state index in [1.54, 1.807) is 0 Å². The number of benzene rings is 4. The van der Waals surface area contributed by atoms with Gasteiger partial charge in [-0.2, -0.15) is 0 Å². The first-order chi connectivity index (χ1) is 23.4. The summed E-state index contributed by atoms with van der Waals surface area (Å²) in [7, 11) is 0. The molecule has 0 spiro atoms. The molecular formula is C39H42Cl2O7. The molecule has 1 aliphatic heterocycles. The fourth-order valence-corrected chi connectivity index (χ4v) is 7.03. The maximum absolute atomic E-state index is 10.5. The third kappa shape index (κ3) is 8.66. The van der Waals surface area contributed by atoms with Gasteiger partial charge in [0.05, 0.1) is 39.1 Å². The molecule has 8 atom stereocenters. The van der Waals surface area contributed by atoms with Crippen molar-refractivity contribution in [2.75, 3.05) is 6.61 Å². The Balaban J connectivity index is 1.32. The quantitative estimate of drug-likeness (QED) is 0.132. The second-order valence-electron chi connectivity index (χ2n) is 12.4. The van der Waals surface area contributed by atoms with E-state index >= 15 is 0 Å². The molecular weight excluding hydrogens is 651 g/mol. The average Bonchev–Trinajstić information content (AvgIpc) is 3.13. The normalized spacial score (nSPS) is 28.1. The van der Waals surface area contributed by atoms with Crippen LogP contribution in [0.3, 0.4) is 0 Å². The maximum Gasteiger partial charge on any atom is 0.187 e. The van der Waals surface area contributed by atoms with Crippen LogP contribution in [0.5, 0.6) is 0 Å². The number of halogens is 2. The predicted molar refractivity (Wildman–Crippen MR) is 184 cm³/mol. The first-order valence-corrected chi connectivity index (χ1v) is 17.1. The second-order valence-corrected chi connectivity index (χ2v) is 13.8. The minimum atomic E-state index is -1.51. The number of hydrogen-bond donors (Lipinski definition) is 1. The van der Waals surface area contributed by atoms with Crippen molar-refractivity contribution in [2.24, 2.45) is 5.92 Å². The van der Waals surface area contributed by atoms with Gasteiger partial charge >= 0.3 is 0 Å². The van der Waals surface area contributed by atoms with E-state index in [1.165, 1.54) is 0 Å². The molecule has 0 amide bonds. The first kappa shape index (κ1) is 35.0. The molecule has 1 N–H and O–H groups in total. The number of rotatable bonds is 15. The van der Waals surface area contributed by atoms with Crippen LogP contribution in [0.4, 0.5) is 0 Å². The highest BCUT2D eigenvalue weighted by atomic mass is 35.5. The van der Waals surface area contributed by atoms with Crippen LogP contribution in [-0.2, 0) is 54.8 Å². The largest absolute Gasteiger partial charge is 0.390 e. The Morgan fingerprint density at radius 3 is 1.48 bits per heavy atom. The SMILES string of the molecule is C[C@H]1[C@@H](O)C(Cl)(Cl)[C@H]1O[C@@H]1O[C@H](COCc2ccccc2)[C@H](OCc2ccccc2)[C@H](OCc2ccccc2)[C@H]1OCc1ccccc1. The highest BCUT2D eigenvalue weighted by Gasteiger charge is 2.61. The predicted octanol–water partition coefficient (Wildman–Crippen LogP) is 7.25. The van der Waals surface area contributed by atoms with Crippen LogP contribution >= 0.6 is 23.2 Å². The van der Waals surface area contributed by atoms with Gasteiger partial charge in [0.2, 0.25) is 0 Å². The van der Waals surface area contributed by atoms with E-state index in [0.717, 1.165) is 22.3 Å². The summed E-state index contributed by atoms with van der Waals surface area (Å²) in [5.74, 6) is -0.332. The molecule has 0 bridgehead atoms. The van der Waals surface area contributed by atoms with Gasteiger partial charge in [-0.25, -0.2) is 0 Å². The lowest BCUT2D eigenvalue weighted by molar-refractivity contribution is -0.349. The summed E-state index contributed by atoms with van der Waals surface area (Å²) < 4.78 is 38.1. The number of aliphatic hydroxyl groups is 1. The fourth-order valence-electron chi connectivity index (χ4n) is 6.13. The Hall–Kier alpha value is -2.82. The molecule has 0 aromatic heterocycles. The third-order valence-corrected chi connectivity index (χ3v) is 9.75. The Kier molecular flexibility index (Phi) is 12.2. The average molecular weight is 694 g/mol. The van der Waals surface area contributed by atoms with Crippen molar-refractivity contribution >= 4 is 23.2 Å². The minimum absolute atomic E-state index is 0.195. The molecule has 4 aromatic rings. The van der Waals surface area contributed by atoms with Crippen LogP contribution in [0, 0.1) is 5.92 Å². The van der Waals surface area contributed by atoms with E-state index < -0.39 is 47.2 Å². The lowest BCUT2D eigenvalue weighted by Crippen LogP contribution is -2.68. The van der Waals surface area contributed by atoms with Crippen molar-refractivity contribution in [3.8, 4) is 0 Å². The van der Waals surface area contributed by atoms with Crippen molar-refractivity contribution in [3.05, 3.63) is 144 Å². The summed E-state index contributed by atoms with van der Waals surface area (Å²) in [5, 5.41) is 10.5. The molecule has 6 rings (SSSR count). The summed E-state index contributed by atoms with van der Waals surface area (Å²) in [6, 6.07) is 39.8. The Morgan fingerprint density at radius 1 is 0.604 bits per heavy atom. The number of aliphatic hydroxyl groups excluding tert-OH is 1. The smallest absolute Gasteiger partial charge is 0.187 e. The highest BCUT2D eigenvalue weighted by molar-refractivity contribution is 6.50. The zero-order valence-electron chi connectivity index (χ0n) is 26.9. The van der Waals surface area contributed by atoms with E-state index in [2.05, 4.69) is 0 Å². The van der Waals surface area contributed by atoms with E-state index in [-0.39, 0.29) is 19.1 Å².